The van der Waals surface area contributed by atoms with Gasteiger partial charge in [-0.25, -0.2) is 4.98 Å². The zero-order valence-corrected chi connectivity index (χ0v) is 23.6. The van der Waals surface area contributed by atoms with Crippen molar-refractivity contribution in [1.82, 2.24) is 34.0 Å². The van der Waals surface area contributed by atoms with Crippen LogP contribution in [0.15, 0.2) is 67.3 Å². The molecule has 10 nitrogen and oxygen atoms in total. The van der Waals surface area contributed by atoms with Crippen molar-refractivity contribution in [2.75, 3.05) is 25.0 Å². The molecule has 4 aromatic heterocycles. The molecule has 0 spiro atoms. The largest absolute Gasteiger partial charge is 0.417 e. The lowest BCUT2D eigenvalue weighted by molar-refractivity contribution is -0.137. The predicted octanol–water partition coefficient (Wildman–Crippen LogP) is 5.56. The van der Waals surface area contributed by atoms with E-state index in [2.05, 4.69) is 25.5 Å². The fourth-order valence-corrected chi connectivity index (χ4v) is 5.73. The summed E-state index contributed by atoms with van der Waals surface area (Å²) >= 11 is 5.91. The maximum Gasteiger partial charge on any atom is 0.417 e. The number of benzene rings is 2. The van der Waals surface area contributed by atoms with Crippen molar-refractivity contribution in [3.8, 4) is 16.8 Å². The number of pyridine rings is 2. The number of carbonyl (C=O) groups is 2. The molecule has 0 saturated carbocycles. The van der Waals surface area contributed by atoms with Crippen LogP contribution < -0.4 is 5.32 Å². The molecule has 0 atom stereocenters. The van der Waals surface area contributed by atoms with E-state index >= 15 is 0 Å². The summed E-state index contributed by atoms with van der Waals surface area (Å²) in [5.74, 6) is 0.704. The van der Waals surface area contributed by atoms with Crippen LogP contribution in [0.1, 0.15) is 18.4 Å². The fourth-order valence-electron chi connectivity index (χ4n) is 5.51. The number of nitrogens with zero attached hydrogens (tertiary/aromatic N) is 7. The summed E-state index contributed by atoms with van der Waals surface area (Å²) in [5.41, 5.74) is 2.61. The van der Waals surface area contributed by atoms with Gasteiger partial charge in [0.15, 0.2) is 0 Å². The van der Waals surface area contributed by atoms with E-state index in [9.17, 15) is 22.8 Å². The summed E-state index contributed by atoms with van der Waals surface area (Å²) in [6.45, 7) is 1.31. The summed E-state index contributed by atoms with van der Waals surface area (Å²) in [4.78, 5) is 34.9. The van der Waals surface area contributed by atoms with E-state index in [4.69, 9.17) is 11.6 Å². The molecule has 222 valence electrons. The van der Waals surface area contributed by atoms with Crippen LogP contribution in [0.5, 0.6) is 0 Å². The Morgan fingerprint density at radius 2 is 1.77 bits per heavy atom. The topological polar surface area (TPSA) is 110 Å². The molecule has 6 aromatic rings. The monoisotopic (exact) mass is 618 g/mol. The molecule has 0 aliphatic carbocycles. The van der Waals surface area contributed by atoms with E-state index in [0.717, 1.165) is 17.2 Å². The molecule has 5 heterocycles. The molecule has 2 aromatic carbocycles. The molecule has 1 N–H and O–H groups in total. The number of amides is 1. The number of carbonyl (C=O) groups excluding carboxylic acids is 2. The second-order valence-electron chi connectivity index (χ2n) is 10.5. The number of hydrogen-bond donors (Lipinski definition) is 1. The van der Waals surface area contributed by atoms with Crippen LogP contribution in [0.2, 0.25) is 5.02 Å². The number of anilines is 1. The highest BCUT2D eigenvalue weighted by Crippen LogP contribution is 2.38. The van der Waals surface area contributed by atoms with Crippen molar-refractivity contribution in [3.63, 3.8) is 0 Å². The number of nitrogens with one attached hydrogen (secondary N) is 1. The first kappa shape index (κ1) is 27.9. The number of ketones is 1. The number of halogens is 4. The fraction of sp³-hybridized carbons (Fsp3) is 0.200. The van der Waals surface area contributed by atoms with Gasteiger partial charge in [-0.2, -0.15) is 13.2 Å². The predicted molar refractivity (Wildman–Crippen MR) is 158 cm³/mol. The van der Waals surface area contributed by atoms with Gasteiger partial charge in [0.25, 0.3) is 0 Å². The van der Waals surface area contributed by atoms with E-state index in [1.54, 1.807) is 27.4 Å². The molecule has 14 heteroatoms. The lowest BCUT2D eigenvalue weighted by Gasteiger charge is -2.24. The standard InChI is InChI=1S/C30H22ClF3N8O2/c31-23-4-3-19(12-22(23)30(32,33)34)42-28-21-11-17(1-5-24(21)35-14-25(28)41-16-37-39-29(41)42)18-2-6-26(36-13-18)38-27(44)15-40-9-7-20(43)8-10-40/h1-6,11-14,16H,7-10,15H2,(H,36,38,44). The number of imidazole rings is 1. The normalized spacial score (nSPS) is 14.6. The highest BCUT2D eigenvalue weighted by atomic mass is 35.5. The van der Waals surface area contributed by atoms with Gasteiger partial charge >= 0.3 is 6.18 Å². The second-order valence-corrected chi connectivity index (χ2v) is 10.9. The van der Waals surface area contributed by atoms with Gasteiger partial charge in [0.05, 0.1) is 39.9 Å². The number of fused-ring (bicyclic) bond motifs is 5. The Labute approximate surface area is 252 Å². The third kappa shape index (κ3) is 5.03. The van der Waals surface area contributed by atoms with Gasteiger partial charge in [0.1, 0.15) is 17.9 Å². The van der Waals surface area contributed by atoms with Crippen LogP contribution in [-0.4, -0.2) is 65.4 Å². The first-order chi connectivity index (χ1) is 21.2. The van der Waals surface area contributed by atoms with Gasteiger partial charge in [-0.3, -0.25) is 28.4 Å². The Morgan fingerprint density at radius 3 is 2.52 bits per heavy atom. The van der Waals surface area contributed by atoms with E-state index in [1.165, 1.54) is 18.5 Å². The molecular weight excluding hydrogens is 597 g/mol. The third-order valence-corrected chi connectivity index (χ3v) is 8.02. The number of likely N-dealkylation sites (tertiary alicyclic amines) is 1. The quantitative estimate of drug-likeness (QED) is 0.269. The van der Waals surface area contributed by atoms with Crippen molar-refractivity contribution in [1.29, 1.82) is 0 Å². The maximum absolute atomic E-state index is 13.8. The summed E-state index contributed by atoms with van der Waals surface area (Å²) in [5, 5.41) is 11.2. The van der Waals surface area contributed by atoms with Crippen LogP contribution in [0.25, 0.3) is 44.5 Å². The number of hydrogen-bond acceptors (Lipinski definition) is 7. The lowest BCUT2D eigenvalue weighted by atomic mass is 10.0. The van der Waals surface area contributed by atoms with Crippen molar-refractivity contribution in [3.05, 3.63) is 77.8 Å². The molecule has 0 radical (unpaired) electrons. The first-order valence-electron chi connectivity index (χ1n) is 13.7. The van der Waals surface area contributed by atoms with Gasteiger partial charge in [-0.1, -0.05) is 17.7 Å². The number of Topliss-reactive ketones (excluding diaryl/α,β-unsaturated/α-hetero) is 1. The van der Waals surface area contributed by atoms with Crippen LogP contribution in [0, 0.1) is 0 Å². The molecule has 1 aliphatic heterocycles. The SMILES string of the molecule is O=C1CCN(CC(=O)Nc2ccc(-c3ccc4ncc5c(c4c3)n(-c3ccc(Cl)c(C(F)(F)F)c3)c3nncn53)cn2)CC1. The van der Waals surface area contributed by atoms with E-state index in [1.807, 2.05) is 29.2 Å². The summed E-state index contributed by atoms with van der Waals surface area (Å²) in [7, 11) is 0. The molecule has 1 amide bonds. The molecule has 7 rings (SSSR count). The van der Waals surface area contributed by atoms with Gasteiger partial charge in [-0.05, 0) is 48.0 Å². The van der Waals surface area contributed by atoms with Gasteiger partial charge in [0.2, 0.25) is 11.7 Å². The Kier molecular flexibility index (Phi) is 6.78. The molecule has 1 fully saturated rings. The van der Waals surface area contributed by atoms with Crippen LogP contribution >= 0.6 is 11.6 Å². The number of piperidine rings is 1. The van der Waals surface area contributed by atoms with E-state index in [0.29, 0.717) is 59.5 Å². The van der Waals surface area contributed by atoms with Gasteiger partial charge in [0, 0.05) is 48.8 Å². The highest BCUT2D eigenvalue weighted by Gasteiger charge is 2.34. The number of rotatable bonds is 5. The smallest absolute Gasteiger partial charge is 0.310 e. The Hall–Kier alpha value is -4.88. The summed E-state index contributed by atoms with van der Waals surface area (Å²) in [6, 6.07) is 12.8. The van der Waals surface area contributed by atoms with Crippen LogP contribution in [0.3, 0.4) is 0 Å². The van der Waals surface area contributed by atoms with Crippen molar-refractivity contribution >= 4 is 56.8 Å². The lowest BCUT2D eigenvalue weighted by Crippen LogP contribution is -2.39. The van der Waals surface area contributed by atoms with Crippen LogP contribution in [0.4, 0.5) is 19.0 Å². The Bertz CT molecular complexity index is 2080. The Balaban J connectivity index is 1.25. The number of alkyl halides is 3. The van der Waals surface area contributed by atoms with Crippen molar-refractivity contribution < 1.29 is 22.8 Å². The minimum atomic E-state index is -4.65. The average Bonchev–Trinajstić information content (AvgIpc) is 3.60. The summed E-state index contributed by atoms with van der Waals surface area (Å²) < 4.78 is 44.6. The van der Waals surface area contributed by atoms with E-state index in [-0.39, 0.29) is 23.9 Å². The van der Waals surface area contributed by atoms with Crippen molar-refractivity contribution in [2.45, 2.75) is 19.0 Å². The minimum absolute atomic E-state index is 0.182. The van der Waals surface area contributed by atoms with Crippen LogP contribution in [-0.2, 0) is 15.8 Å². The molecule has 0 unspecified atom stereocenters. The highest BCUT2D eigenvalue weighted by molar-refractivity contribution is 6.31. The minimum Gasteiger partial charge on any atom is -0.310 e. The number of aromatic nitrogens is 6. The van der Waals surface area contributed by atoms with Gasteiger partial charge in [-0.15, -0.1) is 10.2 Å². The molecule has 1 aliphatic rings. The molecule has 44 heavy (non-hydrogen) atoms. The first-order valence-corrected chi connectivity index (χ1v) is 14.0. The third-order valence-electron chi connectivity index (χ3n) is 7.69. The van der Waals surface area contributed by atoms with Crippen molar-refractivity contribution in [2.24, 2.45) is 0 Å². The second kappa shape index (κ2) is 10.7. The molecular formula is C30H22ClF3N8O2. The summed E-state index contributed by atoms with van der Waals surface area (Å²) in [6.07, 6.45) is 1.00. The maximum atomic E-state index is 13.8. The zero-order chi connectivity index (χ0) is 30.6. The zero-order valence-electron chi connectivity index (χ0n) is 22.8. The Morgan fingerprint density at radius 1 is 0.977 bits per heavy atom. The average molecular weight is 619 g/mol. The molecule has 1 saturated heterocycles. The van der Waals surface area contributed by atoms with Gasteiger partial charge < -0.3 is 5.32 Å². The molecule has 0 bridgehead atoms. The van der Waals surface area contributed by atoms with E-state index < -0.39 is 16.8 Å².